The number of aryl methyl sites for hydroxylation is 2. The van der Waals surface area contributed by atoms with Crippen molar-refractivity contribution in [3.05, 3.63) is 30.0 Å². The molecule has 0 aliphatic carbocycles. The molecule has 1 aromatic heterocycles. The fourth-order valence-corrected chi connectivity index (χ4v) is 1.92. The molecule has 2 N–H and O–H groups in total. The maximum atomic E-state index is 11.4. The van der Waals surface area contributed by atoms with Gasteiger partial charge in [0.25, 0.3) is 0 Å². The maximum Gasteiger partial charge on any atom is 0.221 e. The van der Waals surface area contributed by atoms with Crippen LogP contribution in [0.4, 0.5) is 0 Å². The first-order chi connectivity index (χ1) is 8.72. The highest BCUT2D eigenvalue weighted by molar-refractivity contribution is 5.82. The summed E-state index contributed by atoms with van der Waals surface area (Å²) in [5, 5.41) is 16.6. The fourth-order valence-electron chi connectivity index (χ4n) is 1.92. The number of aliphatic hydroxyl groups is 1. The molecule has 1 aromatic carbocycles. The molecule has 0 spiro atoms. The van der Waals surface area contributed by atoms with Gasteiger partial charge in [0.05, 0.1) is 24.9 Å². The highest BCUT2D eigenvalue weighted by Gasteiger charge is 2.06. The van der Waals surface area contributed by atoms with E-state index in [1.165, 1.54) is 5.56 Å². The minimum atomic E-state index is -0.0691. The molecule has 0 aliphatic heterocycles. The molecule has 0 saturated carbocycles. The van der Waals surface area contributed by atoms with E-state index >= 15 is 0 Å². The first kappa shape index (κ1) is 12.6. The van der Waals surface area contributed by atoms with Crippen LogP contribution in [0.5, 0.6) is 0 Å². The lowest BCUT2D eigenvalue weighted by Crippen LogP contribution is -2.27. The van der Waals surface area contributed by atoms with Gasteiger partial charge in [-0.3, -0.25) is 9.48 Å². The molecule has 0 radical (unpaired) electrons. The van der Waals surface area contributed by atoms with Crippen LogP contribution in [-0.2, 0) is 11.3 Å². The smallest absolute Gasteiger partial charge is 0.221 e. The summed E-state index contributed by atoms with van der Waals surface area (Å²) in [6, 6.07) is 6.03. The molecule has 1 amide bonds. The summed E-state index contributed by atoms with van der Waals surface area (Å²) in [7, 11) is 0. The maximum absolute atomic E-state index is 11.4. The third kappa shape index (κ3) is 2.68. The lowest BCUT2D eigenvalue weighted by Gasteiger charge is -2.05. The van der Waals surface area contributed by atoms with Gasteiger partial charge in [-0.2, -0.15) is 5.10 Å². The standard InChI is InChI=1S/C13H17N3O2/c1-10-3-2-4-12-11(10)9-15-16(12)7-5-13(18)14-6-8-17/h2-4,9,17H,5-8H2,1H3,(H,14,18). The number of carbonyl (C=O) groups excluding carboxylic acids is 1. The van der Waals surface area contributed by atoms with Gasteiger partial charge in [-0.05, 0) is 18.6 Å². The molecule has 96 valence electrons. The van der Waals surface area contributed by atoms with Gasteiger partial charge in [0.2, 0.25) is 5.91 Å². The largest absolute Gasteiger partial charge is 0.395 e. The number of rotatable bonds is 5. The second-order valence-corrected chi connectivity index (χ2v) is 4.20. The third-order valence-electron chi connectivity index (χ3n) is 2.89. The molecule has 18 heavy (non-hydrogen) atoms. The van der Waals surface area contributed by atoms with Crippen LogP contribution < -0.4 is 5.32 Å². The van der Waals surface area contributed by atoms with Crippen molar-refractivity contribution >= 4 is 16.8 Å². The number of hydrogen-bond donors (Lipinski definition) is 2. The van der Waals surface area contributed by atoms with Crippen LogP contribution in [0.2, 0.25) is 0 Å². The molecule has 1 heterocycles. The molecule has 0 bridgehead atoms. The molecule has 2 aromatic rings. The van der Waals surface area contributed by atoms with Gasteiger partial charge in [-0.1, -0.05) is 12.1 Å². The van der Waals surface area contributed by atoms with Crippen LogP contribution in [-0.4, -0.2) is 33.9 Å². The Labute approximate surface area is 105 Å². The molecular formula is C13H17N3O2. The van der Waals surface area contributed by atoms with E-state index in [0.29, 0.717) is 19.5 Å². The second-order valence-electron chi connectivity index (χ2n) is 4.20. The van der Waals surface area contributed by atoms with E-state index in [1.807, 2.05) is 36.0 Å². The molecule has 0 aliphatic rings. The number of benzene rings is 1. The van der Waals surface area contributed by atoms with E-state index in [1.54, 1.807) is 0 Å². The van der Waals surface area contributed by atoms with Gasteiger partial charge in [-0.15, -0.1) is 0 Å². The number of hydrogen-bond acceptors (Lipinski definition) is 3. The molecule has 5 nitrogen and oxygen atoms in total. The van der Waals surface area contributed by atoms with Crippen LogP contribution in [0.15, 0.2) is 24.4 Å². The minimum absolute atomic E-state index is 0.0321. The predicted octanol–water partition coefficient (Wildman–Crippen LogP) is 0.843. The van der Waals surface area contributed by atoms with Crippen molar-refractivity contribution in [2.24, 2.45) is 0 Å². The van der Waals surface area contributed by atoms with E-state index in [9.17, 15) is 4.79 Å². The van der Waals surface area contributed by atoms with Crippen LogP contribution in [0.25, 0.3) is 10.9 Å². The van der Waals surface area contributed by atoms with Crippen molar-refractivity contribution in [2.75, 3.05) is 13.2 Å². The molecular weight excluding hydrogens is 230 g/mol. The number of aliphatic hydroxyl groups excluding tert-OH is 1. The van der Waals surface area contributed by atoms with Crippen molar-refractivity contribution in [3.8, 4) is 0 Å². The molecule has 5 heteroatoms. The summed E-state index contributed by atoms with van der Waals surface area (Å²) in [6.45, 7) is 2.86. The average Bonchev–Trinajstić information content (AvgIpc) is 2.78. The van der Waals surface area contributed by atoms with E-state index < -0.39 is 0 Å². The van der Waals surface area contributed by atoms with E-state index in [2.05, 4.69) is 10.4 Å². The summed E-state index contributed by atoms with van der Waals surface area (Å²) in [5.41, 5.74) is 2.23. The van der Waals surface area contributed by atoms with E-state index in [4.69, 9.17) is 5.11 Å². The lowest BCUT2D eigenvalue weighted by molar-refractivity contribution is -0.121. The van der Waals surface area contributed by atoms with Crippen molar-refractivity contribution < 1.29 is 9.90 Å². The topological polar surface area (TPSA) is 67.2 Å². The Bertz CT molecular complexity index is 548. The quantitative estimate of drug-likeness (QED) is 0.823. The van der Waals surface area contributed by atoms with Gasteiger partial charge >= 0.3 is 0 Å². The number of nitrogens with zero attached hydrogens (tertiary/aromatic N) is 2. The second kappa shape index (κ2) is 5.64. The van der Waals surface area contributed by atoms with Crippen molar-refractivity contribution in [1.82, 2.24) is 15.1 Å². The summed E-state index contributed by atoms with van der Waals surface area (Å²) < 4.78 is 1.83. The predicted molar refractivity (Wildman–Crippen MR) is 69.2 cm³/mol. The fraction of sp³-hybridized carbons (Fsp3) is 0.385. The van der Waals surface area contributed by atoms with Crippen LogP contribution in [0, 0.1) is 6.92 Å². The third-order valence-corrected chi connectivity index (χ3v) is 2.89. The van der Waals surface area contributed by atoms with Gasteiger partial charge in [0.15, 0.2) is 0 Å². The average molecular weight is 247 g/mol. The number of aromatic nitrogens is 2. The summed E-state index contributed by atoms with van der Waals surface area (Å²) in [4.78, 5) is 11.4. The van der Waals surface area contributed by atoms with Crippen molar-refractivity contribution in [2.45, 2.75) is 19.9 Å². The van der Waals surface area contributed by atoms with Gasteiger partial charge < -0.3 is 10.4 Å². The Kier molecular flexibility index (Phi) is 3.94. The zero-order valence-corrected chi connectivity index (χ0v) is 10.4. The van der Waals surface area contributed by atoms with Crippen LogP contribution in [0.3, 0.4) is 0 Å². The Morgan fingerprint density at radius 3 is 3.11 bits per heavy atom. The summed E-state index contributed by atoms with van der Waals surface area (Å²) in [5.74, 6) is -0.0691. The SMILES string of the molecule is Cc1cccc2c1cnn2CCC(=O)NCCO. The number of nitrogens with one attached hydrogen (secondary N) is 1. The lowest BCUT2D eigenvalue weighted by atomic mass is 10.1. The first-order valence-electron chi connectivity index (χ1n) is 6.01. The van der Waals surface area contributed by atoms with Gasteiger partial charge in [-0.25, -0.2) is 0 Å². The van der Waals surface area contributed by atoms with E-state index in [-0.39, 0.29) is 12.5 Å². The number of fused-ring (bicyclic) bond motifs is 1. The Hall–Kier alpha value is -1.88. The zero-order valence-electron chi connectivity index (χ0n) is 10.4. The van der Waals surface area contributed by atoms with Gasteiger partial charge in [0.1, 0.15) is 0 Å². The summed E-state index contributed by atoms with van der Waals surface area (Å²) >= 11 is 0. The highest BCUT2D eigenvalue weighted by atomic mass is 16.3. The molecule has 0 unspecified atom stereocenters. The molecule has 0 atom stereocenters. The Balaban J connectivity index is 2.04. The van der Waals surface area contributed by atoms with Gasteiger partial charge in [0, 0.05) is 18.4 Å². The molecule has 2 rings (SSSR count). The summed E-state index contributed by atoms with van der Waals surface area (Å²) in [6.07, 6.45) is 2.20. The number of amides is 1. The Morgan fingerprint density at radius 1 is 1.50 bits per heavy atom. The van der Waals surface area contributed by atoms with Crippen molar-refractivity contribution in [3.63, 3.8) is 0 Å². The zero-order chi connectivity index (χ0) is 13.0. The number of carbonyl (C=O) groups is 1. The molecule has 0 saturated heterocycles. The monoisotopic (exact) mass is 247 g/mol. The Morgan fingerprint density at radius 2 is 2.33 bits per heavy atom. The normalized spacial score (nSPS) is 10.8. The van der Waals surface area contributed by atoms with E-state index in [0.717, 1.165) is 10.9 Å². The van der Waals surface area contributed by atoms with Crippen LogP contribution >= 0.6 is 0 Å². The molecule has 0 fully saturated rings. The first-order valence-corrected chi connectivity index (χ1v) is 6.01. The van der Waals surface area contributed by atoms with Crippen molar-refractivity contribution in [1.29, 1.82) is 0 Å². The van der Waals surface area contributed by atoms with Crippen LogP contribution in [0.1, 0.15) is 12.0 Å². The highest BCUT2D eigenvalue weighted by Crippen LogP contribution is 2.17. The minimum Gasteiger partial charge on any atom is -0.395 e.